The zero-order chi connectivity index (χ0) is 12.0. The van der Waals surface area contributed by atoms with E-state index in [2.05, 4.69) is 26.1 Å². The van der Waals surface area contributed by atoms with Crippen molar-refractivity contribution in [1.29, 1.82) is 0 Å². The summed E-state index contributed by atoms with van der Waals surface area (Å²) >= 11 is 0. The Morgan fingerprint density at radius 3 is 2.38 bits per heavy atom. The third-order valence-electron chi connectivity index (χ3n) is 3.46. The molecule has 0 aromatic rings. The van der Waals surface area contributed by atoms with Gasteiger partial charge in [-0.05, 0) is 26.3 Å². The Balaban J connectivity index is 2.71. The van der Waals surface area contributed by atoms with E-state index >= 15 is 0 Å². The summed E-state index contributed by atoms with van der Waals surface area (Å²) in [5, 5.41) is 3.45. The smallest absolute Gasteiger partial charge is 0.0878 e. The summed E-state index contributed by atoms with van der Waals surface area (Å²) in [7, 11) is 2.04. The van der Waals surface area contributed by atoms with Crippen molar-refractivity contribution >= 4 is 0 Å². The van der Waals surface area contributed by atoms with Gasteiger partial charge in [0.25, 0.3) is 0 Å². The number of hydrogen-bond acceptors (Lipinski definition) is 3. The molecular formula is C13H27NO2. The quantitative estimate of drug-likeness (QED) is 0.757. The Labute approximate surface area is 99.9 Å². The van der Waals surface area contributed by atoms with Crippen LogP contribution in [0.25, 0.3) is 0 Å². The van der Waals surface area contributed by atoms with Crippen LogP contribution in [0.5, 0.6) is 0 Å². The van der Waals surface area contributed by atoms with Gasteiger partial charge in [0.05, 0.1) is 5.60 Å². The highest BCUT2D eigenvalue weighted by atomic mass is 16.5. The van der Waals surface area contributed by atoms with Crippen molar-refractivity contribution in [3.05, 3.63) is 0 Å². The maximum absolute atomic E-state index is 6.08. The lowest BCUT2D eigenvalue weighted by Crippen LogP contribution is -2.55. The summed E-state index contributed by atoms with van der Waals surface area (Å²) in [6, 6.07) is 0.441. The van der Waals surface area contributed by atoms with Gasteiger partial charge in [0.1, 0.15) is 0 Å². The molecule has 3 heteroatoms. The molecule has 1 N–H and O–H groups in total. The van der Waals surface area contributed by atoms with Gasteiger partial charge in [0, 0.05) is 38.7 Å². The van der Waals surface area contributed by atoms with E-state index in [4.69, 9.17) is 9.47 Å². The zero-order valence-corrected chi connectivity index (χ0v) is 11.2. The largest absolute Gasteiger partial charge is 0.381 e. The van der Waals surface area contributed by atoms with Crippen molar-refractivity contribution in [3.8, 4) is 0 Å². The first kappa shape index (κ1) is 13.9. The van der Waals surface area contributed by atoms with E-state index in [-0.39, 0.29) is 5.60 Å². The van der Waals surface area contributed by atoms with Gasteiger partial charge >= 0.3 is 0 Å². The maximum atomic E-state index is 6.08. The first-order chi connectivity index (χ1) is 7.64. The van der Waals surface area contributed by atoms with Gasteiger partial charge in [0.15, 0.2) is 0 Å². The first-order valence-corrected chi connectivity index (χ1v) is 6.53. The molecule has 1 fully saturated rings. The summed E-state index contributed by atoms with van der Waals surface area (Å²) in [6.07, 6.45) is 3.19. The minimum Gasteiger partial charge on any atom is -0.381 e. The van der Waals surface area contributed by atoms with E-state index in [1.165, 1.54) is 0 Å². The number of rotatable bonds is 6. The molecule has 1 aliphatic rings. The Kier molecular flexibility index (Phi) is 5.73. The van der Waals surface area contributed by atoms with Crippen LogP contribution in [0, 0.1) is 5.92 Å². The first-order valence-electron chi connectivity index (χ1n) is 6.53. The second kappa shape index (κ2) is 6.58. The molecule has 0 radical (unpaired) electrons. The van der Waals surface area contributed by atoms with Crippen LogP contribution in [0.1, 0.15) is 40.0 Å². The van der Waals surface area contributed by atoms with Gasteiger partial charge in [-0.3, -0.25) is 0 Å². The van der Waals surface area contributed by atoms with Crippen LogP contribution < -0.4 is 5.32 Å². The van der Waals surface area contributed by atoms with Gasteiger partial charge in [-0.1, -0.05) is 13.8 Å². The maximum Gasteiger partial charge on any atom is 0.0878 e. The predicted octanol–water partition coefficient (Wildman–Crippen LogP) is 2.21. The zero-order valence-electron chi connectivity index (χ0n) is 11.2. The number of hydrogen-bond donors (Lipinski definition) is 1. The molecule has 0 aromatic carbocycles. The van der Waals surface area contributed by atoms with E-state index in [0.29, 0.717) is 12.0 Å². The Morgan fingerprint density at radius 2 is 1.94 bits per heavy atom. The molecule has 0 bridgehead atoms. The van der Waals surface area contributed by atoms with Crippen LogP contribution in [0.3, 0.4) is 0 Å². The Morgan fingerprint density at radius 1 is 1.31 bits per heavy atom. The monoisotopic (exact) mass is 229 g/mol. The van der Waals surface area contributed by atoms with Crippen LogP contribution in [-0.2, 0) is 9.47 Å². The topological polar surface area (TPSA) is 30.5 Å². The molecule has 1 unspecified atom stereocenters. The van der Waals surface area contributed by atoms with Gasteiger partial charge in [-0.15, -0.1) is 0 Å². The molecule has 0 spiro atoms. The van der Waals surface area contributed by atoms with Crippen molar-refractivity contribution in [2.45, 2.75) is 51.7 Å². The highest BCUT2D eigenvalue weighted by molar-refractivity contribution is 4.95. The lowest BCUT2D eigenvalue weighted by Gasteiger charge is -2.43. The fourth-order valence-electron chi connectivity index (χ4n) is 2.66. The van der Waals surface area contributed by atoms with Crippen LogP contribution in [0.15, 0.2) is 0 Å². The van der Waals surface area contributed by atoms with Crippen molar-refractivity contribution in [3.63, 3.8) is 0 Å². The van der Waals surface area contributed by atoms with Crippen molar-refractivity contribution in [1.82, 2.24) is 5.32 Å². The summed E-state index contributed by atoms with van der Waals surface area (Å²) in [5.41, 5.74) is -0.00792. The van der Waals surface area contributed by atoms with Crippen LogP contribution in [-0.4, -0.2) is 38.5 Å². The van der Waals surface area contributed by atoms with Gasteiger partial charge in [-0.25, -0.2) is 0 Å². The van der Waals surface area contributed by atoms with E-state index in [1.807, 2.05) is 7.05 Å². The number of likely N-dealkylation sites (N-methyl/N-ethyl adjacent to an activating group) is 1. The molecule has 1 atom stereocenters. The minimum atomic E-state index is -0.00792. The standard InChI is InChI=1S/C13H27NO2/c1-5-16-13(6-8-15-9-7-13)12(14-4)10-11(2)3/h11-12,14H,5-10H2,1-4H3. The third kappa shape index (κ3) is 3.44. The van der Waals surface area contributed by atoms with E-state index in [1.54, 1.807) is 0 Å². The molecule has 1 heterocycles. The lowest BCUT2D eigenvalue weighted by molar-refractivity contribution is -0.128. The summed E-state index contributed by atoms with van der Waals surface area (Å²) in [4.78, 5) is 0. The molecule has 1 aliphatic heterocycles. The molecule has 1 rings (SSSR count). The van der Waals surface area contributed by atoms with E-state index < -0.39 is 0 Å². The second-order valence-electron chi connectivity index (χ2n) is 5.08. The van der Waals surface area contributed by atoms with Crippen molar-refractivity contribution in [2.75, 3.05) is 26.9 Å². The number of nitrogens with one attached hydrogen (secondary N) is 1. The van der Waals surface area contributed by atoms with Gasteiger partial charge in [0.2, 0.25) is 0 Å². The Hall–Kier alpha value is -0.120. The highest BCUT2D eigenvalue weighted by Gasteiger charge is 2.40. The van der Waals surface area contributed by atoms with Crippen LogP contribution in [0.2, 0.25) is 0 Å². The average Bonchev–Trinajstić information content (AvgIpc) is 2.27. The molecule has 16 heavy (non-hydrogen) atoms. The predicted molar refractivity (Wildman–Crippen MR) is 66.7 cm³/mol. The van der Waals surface area contributed by atoms with Gasteiger partial charge < -0.3 is 14.8 Å². The van der Waals surface area contributed by atoms with Crippen LogP contribution in [0.4, 0.5) is 0 Å². The summed E-state index contributed by atoms with van der Waals surface area (Å²) < 4.78 is 11.5. The molecule has 0 aliphatic carbocycles. The normalized spacial score (nSPS) is 22.3. The SMILES string of the molecule is CCOC1(C(CC(C)C)NC)CCOCC1. The molecule has 0 amide bonds. The fraction of sp³-hybridized carbons (Fsp3) is 1.00. The second-order valence-corrected chi connectivity index (χ2v) is 5.08. The highest BCUT2D eigenvalue weighted by Crippen LogP contribution is 2.31. The summed E-state index contributed by atoms with van der Waals surface area (Å²) in [5.74, 6) is 0.692. The van der Waals surface area contributed by atoms with Crippen molar-refractivity contribution < 1.29 is 9.47 Å². The van der Waals surface area contributed by atoms with E-state index in [0.717, 1.165) is 39.1 Å². The lowest BCUT2D eigenvalue weighted by atomic mass is 9.82. The minimum absolute atomic E-state index is 0.00792. The third-order valence-corrected chi connectivity index (χ3v) is 3.46. The Bertz CT molecular complexity index is 183. The number of ether oxygens (including phenoxy) is 2. The van der Waals surface area contributed by atoms with E-state index in [9.17, 15) is 0 Å². The van der Waals surface area contributed by atoms with Crippen LogP contribution >= 0.6 is 0 Å². The van der Waals surface area contributed by atoms with Gasteiger partial charge in [-0.2, -0.15) is 0 Å². The molecule has 1 saturated heterocycles. The summed E-state index contributed by atoms with van der Waals surface area (Å²) in [6.45, 7) is 9.06. The molecule has 3 nitrogen and oxygen atoms in total. The molecular weight excluding hydrogens is 202 g/mol. The molecule has 0 saturated carbocycles. The molecule has 0 aromatic heterocycles. The van der Waals surface area contributed by atoms with Crippen molar-refractivity contribution in [2.24, 2.45) is 5.92 Å². The average molecular weight is 229 g/mol. The molecule has 96 valence electrons. The fourth-order valence-corrected chi connectivity index (χ4v) is 2.66.